The molecule has 150 valence electrons. The van der Waals surface area contributed by atoms with Crippen LogP contribution in [0.3, 0.4) is 0 Å². The first-order chi connectivity index (χ1) is 13.7. The van der Waals surface area contributed by atoms with Crippen molar-refractivity contribution in [3.8, 4) is 5.75 Å². The molecule has 2 aliphatic rings. The van der Waals surface area contributed by atoms with E-state index in [1.165, 1.54) is 11.8 Å². The van der Waals surface area contributed by atoms with Gasteiger partial charge in [0.1, 0.15) is 34.3 Å². The molecule has 0 radical (unpaired) electrons. The minimum atomic E-state index is -1.06. The fraction of sp³-hybridized carbons (Fsp3) is 0.300. The van der Waals surface area contributed by atoms with Crippen LogP contribution in [0, 0.1) is 6.92 Å². The van der Waals surface area contributed by atoms with Crippen LogP contribution in [-0.4, -0.2) is 56.9 Å². The Kier molecular flexibility index (Phi) is 4.27. The molecule has 0 bridgehead atoms. The number of carbonyl (C=O) groups excluding carboxylic acids is 2. The molecular formula is C20H17NO8. The second-order valence-corrected chi connectivity index (χ2v) is 7.19. The van der Waals surface area contributed by atoms with Crippen LogP contribution in [0.15, 0.2) is 26.9 Å². The SMILES string of the molecule is Cc1cc(=O)c2c(O)c3c(cc2o1)C(=O)C(=O)C(CN1CCCC1C(=O)O)=C3O. The number of carbonyl (C=O) groups is 3. The highest BCUT2D eigenvalue weighted by Crippen LogP contribution is 2.39. The normalized spacial score (nSPS) is 19.8. The van der Waals surface area contributed by atoms with Crippen molar-refractivity contribution in [2.24, 2.45) is 0 Å². The Morgan fingerprint density at radius 3 is 2.62 bits per heavy atom. The van der Waals surface area contributed by atoms with Crippen molar-refractivity contribution in [3.63, 3.8) is 0 Å². The number of likely N-dealkylation sites (tertiary alicyclic amines) is 1. The van der Waals surface area contributed by atoms with Crippen LogP contribution < -0.4 is 5.43 Å². The maximum atomic E-state index is 12.7. The van der Waals surface area contributed by atoms with Gasteiger partial charge in [0.15, 0.2) is 5.43 Å². The van der Waals surface area contributed by atoms with Crippen LogP contribution in [0.1, 0.15) is 34.5 Å². The monoisotopic (exact) mass is 399 g/mol. The molecule has 0 amide bonds. The largest absolute Gasteiger partial charge is 0.507 e. The third-order valence-electron chi connectivity index (χ3n) is 5.37. The molecule has 1 aliphatic heterocycles. The lowest BCUT2D eigenvalue weighted by Gasteiger charge is -2.25. The second kappa shape index (κ2) is 6.56. The molecule has 1 fully saturated rings. The van der Waals surface area contributed by atoms with Gasteiger partial charge in [-0.1, -0.05) is 0 Å². The van der Waals surface area contributed by atoms with Crippen LogP contribution in [0.25, 0.3) is 16.7 Å². The summed E-state index contributed by atoms with van der Waals surface area (Å²) in [4.78, 5) is 50.5. The molecule has 0 saturated carbocycles. The number of carboxylic acid groups (broad SMARTS) is 1. The average molecular weight is 399 g/mol. The number of phenols is 1. The third kappa shape index (κ3) is 2.82. The molecule has 2 aromatic rings. The molecule has 3 N–H and O–H groups in total. The van der Waals surface area contributed by atoms with Crippen molar-refractivity contribution in [3.05, 3.63) is 44.8 Å². The predicted molar refractivity (Wildman–Crippen MR) is 100 cm³/mol. The van der Waals surface area contributed by atoms with Crippen molar-refractivity contribution in [2.45, 2.75) is 25.8 Å². The van der Waals surface area contributed by atoms with E-state index >= 15 is 0 Å². The Hall–Kier alpha value is -3.46. The summed E-state index contributed by atoms with van der Waals surface area (Å²) in [6.07, 6.45) is 0.985. The lowest BCUT2D eigenvalue weighted by atomic mass is 9.86. The first-order valence-corrected chi connectivity index (χ1v) is 8.99. The number of hydrogen-bond donors (Lipinski definition) is 3. The molecule has 1 aliphatic carbocycles. The molecule has 9 nitrogen and oxygen atoms in total. The lowest BCUT2D eigenvalue weighted by molar-refractivity contribution is -0.142. The zero-order valence-electron chi connectivity index (χ0n) is 15.4. The second-order valence-electron chi connectivity index (χ2n) is 7.19. The number of benzene rings is 1. The van der Waals surface area contributed by atoms with Crippen molar-refractivity contribution < 1.29 is 34.1 Å². The van der Waals surface area contributed by atoms with E-state index in [0.717, 1.165) is 12.1 Å². The maximum absolute atomic E-state index is 12.7. The van der Waals surface area contributed by atoms with E-state index in [4.69, 9.17) is 4.42 Å². The summed E-state index contributed by atoms with van der Waals surface area (Å²) in [5.74, 6) is -4.05. The maximum Gasteiger partial charge on any atom is 0.320 e. The smallest absolute Gasteiger partial charge is 0.320 e. The van der Waals surface area contributed by atoms with Gasteiger partial charge < -0.3 is 19.7 Å². The van der Waals surface area contributed by atoms with Crippen LogP contribution >= 0.6 is 0 Å². The summed E-state index contributed by atoms with van der Waals surface area (Å²) < 4.78 is 5.39. The van der Waals surface area contributed by atoms with Crippen molar-refractivity contribution in [1.82, 2.24) is 4.90 Å². The van der Waals surface area contributed by atoms with Crippen molar-refractivity contribution >= 4 is 34.3 Å². The summed E-state index contributed by atoms with van der Waals surface area (Å²) in [5, 5.41) is 30.5. The number of ketones is 2. The van der Waals surface area contributed by atoms with Gasteiger partial charge in [-0.2, -0.15) is 0 Å². The molecule has 1 aromatic carbocycles. The van der Waals surface area contributed by atoms with Gasteiger partial charge in [0.05, 0.1) is 11.1 Å². The fourth-order valence-corrected chi connectivity index (χ4v) is 4.00. The molecule has 1 unspecified atom stereocenters. The molecule has 0 spiro atoms. The Labute approximate surface area is 163 Å². The highest BCUT2D eigenvalue weighted by atomic mass is 16.4. The van der Waals surface area contributed by atoms with Gasteiger partial charge in [-0.05, 0) is 32.4 Å². The van der Waals surface area contributed by atoms with E-state index in [1.54, 1.807) is 0 Å². The van der Waals surface area contributed by atoms with E-state index in [1.807, 2.05) is 0 Å². The fourth-order valence-electron chi connectivity index (χ4n) is 4.00. The Balaban J connectivity index is 1.91. The number of phenolic OH excluding ortho intramolecular Hbond substituents is 1. The van der Waals surface area contributed by atoms with Crippen molar-refractivity contribution in [2.75, 3.05) is 13.1 Å². The lowest BCUT2D eigenvalue weighted by Crippen LogP contribution is -2.40. The minimum absolute atomic E-state index is 0.0749. The standard InChI is InChI=1S/C20H17NO8/c1-8-5-12(22)15-13(29-8)6-9-14(19(15)26)16(23)10(18(25)17(9)24)7-21-4-2-3-11(21)20(27)28/h5-6,11,23,26H,2-4,7H2,1H3,(H,27,28). The van der Waals surface area contributed by atoms with Gasteiger partial charge >= 0.3 is 5.97 Å². The average Bonchev–Trinajstić information content (AvgIpc) is 3.11. The molecule has 29 heavy (non-hydrogen) atoms. The molecule has 2 heterocycles. The Bertz CT molecular complexity index is 1190. The zero-order chi connectivity index (χ0) is 21.0. The van der Waals surface area contributed by atoms with Gasteiger partial charge in [-0.3, -0.25) is 24.1 Å². The number of carboxylic acids is 1. The number of rotatable bonds is 3. The van der Waals surface area contributed by atoms with E-state index in [0.29, 0.717) is 19.4 Å². The molecular weight excluding hydrogens is 382 g/mol. The van der Waals surface area contributed by atoms with E-state index in [-0.39, 0.29) is 40.0 Å². The van der Waals surface area contributed by atoms with E-state index in [2.05, 4.69) is 0 Å². The quantitative estimate of drug-likeness (QED) is 0.652. The topological polar surface area (TPSA) is 145 Å². The van der Waals surface area contributed by atoms with Gasteiger partial charge in [0.25, 0.3) is 0 Å². The van der Waals surface area contributed by atoms with Crippen LogP contribution in [0.2, 0.25) is 0 Å². The summed E-state index contributed by atoms with van der Waals surface area (Å²) in [5.41, 5.74) is -1.53. The highest BCUT2D eigenvalue weighted by molar-refractivity contribution is 6.52. The van der Waals surface area contributed by atoms with Gasteiger partial charge in [-0.15, -0.1) is 0 Å². The van der Waals surface area contributed by atoms with Gasteiger partial charge in [0, 0.05) is 18.2 Å². The summed E-state index contributed by atoms with van der Waals surface area (Å²) in [6, 6.07) is 1.48. The van der Waals surface area contributed by atoms with Gasteiger partial charge in [0.2, 0.25) is 11.6 Å². The molecule has 9 heteroatoms. The first kappa shape index (κ1) is 18.9. The third-order valence-corrected chi connectivity index (χ3v) is 5.37. The number of Topliss-reactive ketones (excluding diaryl/α,β-unsaturated/α-hetero) is 2. The number of aromatic hydroxyl groups is 1. The predicted octanol–water partition coefficient (Wildman–Crippen LogP) is 1.39. The number of aliphatic carboxylic acids is 1. The van der Waals surface area contributed by atoms with Crippen molar-refractivity contribution in [1.29, 1.82) is 0 Å². The summed E-state index contributed by atoms with van der Waals surface area (Å²) in [6.45, 7) is 1.65. The zero-order valence-corrected chi connectivity index (χ0v) is 15.4. The van der Waals surface area contributed by atoms with E-state index in [9.17, 15) is 34.5 Å². The number of hydrogen-bond acceptors (Lipinski definition) is 8. The first-order valence-electron chi connectivity index (χ1n) is 8.99. The summed E-state index contributed by atoms with van der Waals surface area (Å²) >= 11 is 0. The van der Waals surface area contributed by atoms with Gasteiger partial charge in [-0.25, -0.2) is 0 Å². The number of aliphatic hydroxyl groups excluding tert-OH is 1. The van der Waals surface area contributed by atoms with E-state index < -0.39 is 40.5 Å². The van der Waals surface area contributed by atoms with Crippen LogP contribution in [0.4, 0.5) is 0 Å². The van der Waals surface area contributed by atoms with Crippen LogP contribution in [-0.2, 0) is 9.59 Å². The summed E-state index contributed by atoms with van der Waals surface area (Å²) in [7, 11) is 0. The minimum Gasteiger partial charge on any atom is -0.507 e. The molecule has 1 saturated heterocycles. The molecule has 1 aromatic heterocycles. The number of aryl methyl sites for hydroxylation is 1. The molecule has 4 rings (SSSR count). The Morgan fingerprint density at radius 2 is 1.93 bits per heavy atom. The van der Waals surface area contributed by atoms with Crippen LogP contribution in [0.5, 0.6) is 5.75 Å². The Morgan fingerprint density at radius 1 is 1.21 bits per heavy atom. The number of nitrogens with zero attached hydrogens (tertiary/aromatic N) is 1. The number of fused-ring (bicyclic) bond motifs is 2. The molecule has 1 atom stereocenters. The number of aliphatic hydroxyl groups is 1. The highest BCUT2D eigenvalue weighted by Gasteiger charge is 2.39.